The van der Waals surface area contributed by atoms with E-state index >= 15 is 0 Å². The molecule has 1 amide bonds. The molecule has 1 saturated heterocycles. The maximum atomic E-state index is 13.8. The van der Waals surface area contributed by atoms with Crippen LogP contribution in [0.25, 0.3) is 0 Å². The third-order valence-corrected chi connectivity index (χ3v) is 6.81. The second-order valence-electron chi connectivity index (χ2n) is 8.83. The standard InChI is InChI=1S/C30H28N2O2/c33-29(24-16-8-3-9-17-24)27-25-18-10-11-21-32(25)28(26(27)23-14-6-2-7-15-23)30(34)31-20-19-22-12-4-1-5-13-22/h1-18,21,25-28H,19-20H2,(H,31,34). The maximum Gasteiger partial charge on any atom is 0.243 e. The first kappa shape index (κ1) is 21.9. The quantitative estimate of drug-likeness (QED) is 0.530. The van der Waals surface area contributed by atoms with Gasteiger partial charge in [-0.25, -0.2) is 0 Å². The summed E-state index contributed by atoms with van der Waals surface area (Å²) >= 11 is 0. The normalized spacial score (nSPS) is 22.9. The third-order valence-electron chi connectivity index (χ3n) is 6.81. The molecule has 34 heavy (non-hydrogen) atoms. The number of carbonyl (C=O) groups is 2. The van der Waals surface area contributed by atoms with Gasteiger partial charge in [0.2, 0.25) is 5.91 Å². The molecule has 0 aliphatic carbocycles. The summed E-state index contributed by atoms with van der Waals surface area (Å²) in [6.07, 6.45) is 8.70. The van der Waals surface area contributed by atoms with Gasteiger partial charge in [-0.1, -0.05) is 103 Å². The Hall–Kier alpha value is -3.92. The monoisotopic (exact) mass is 448 g/mol. The van der Waals surface area contributed by atoms with Crippen LogP contribution in [0, 0.1) is 5.92 Å². The van der Waals surface area contributed by atoms with Gasteiger partial charge in [-0.05, 0) is 23.6 Å². The average molecular weight is 449 g/mol. The Kier molecular flexibility index (Phi) is 6.39. The minimum absolute atomic E-state index is 0.0434. The van der Waals surface area contributed by atoms with Gasteiger partial charge in [0.15, 0.2) is 5.78 Å². The Morgan fingerprint density at radius 2 is 1.44 bits per heavy atom. The van der Waals surface area contributed by atoms with Gasteiger partial charge >= 0.3 is 0 Å². The van der Waals surface area contributed by atoms with Crippen LogP contribution in [0.2, 0.25) is 0 Å². The molecular formula is C30H28N2O2. The van der Waals surface area contributed by atoms with Crippen LogP contribution in [0.4, 0.5) is 0 Å². The highest BCUT2D eigenvalue weighted by Gasteiger charge is 2.53. The predicted molar refractivity (Wildman–Crippen MR) is 134 cm³/mol. The minimum Gasteiger partial charge on any atom is -0.358 e. The zero-order chi connectivity index (χ0) is 23.3. The Bertz CT molecular complexity index is 1190. The highest BCUT2D eigenvalue weighted by molar-refractivity contribution is 6.00. The molecule has 5 rings (SSSR count). The molecule has 1 fully saturated rings. The van der Waals surface area contributed by atoms with Crippen molar-refractivity contribution < 1.29 is 9.59 Å². The van der Waals surface area contributed by atoms with Gasteiger partial charge in [0, 0.05) is 24.2 Å². The number of fused-ring (bicyclic) bond motifs is 1. The molecule has 0 saturated carbocycles. The molecule has 0 bridgehead atoms. The smallest absolute Gasteiger partial charge is 0.243 e. The number of carbonyl (C=O) groups excluding carboxylic acids is 2. The van der Waals surface area contributed by atoms with Gasteiger partial charge in [0.1, 0.15) is 6.04 Å². The molecule has 3 aromatic carbocycles. The molecule has 4 unspecified atom stereocenters. The fraction of sp³-hybridized carbons (Fsp3) is 0.200. The van der Waals surface area contributed by atoms with Gasteiger partial charge in [-0.3, -0.25) is 9.59 Å². The Balaban J connectivity index is 1.47. The van der Waals surface area contributed by atoms with Crippen LogP contribution in [-0.2, 0) is 11.2 Å². The van der Waals surface area contributed by atoms with Crippen molar-refractivity contribution >= 4 is 11.7 Å². The summed E-state index contributed by atoms with van der Waals surface area (Å²) < 4.78 is 0. The van der Waals surface area contributed by atoms with E-state index in [0.717, 1.165) is 12.0 Å². The SMILES string of the molecule is O=C(c1ccccc1)C1C(c2ccccc2)C(C(=O)NCCc2ccccc2)N2C=CC=CC12. The Labute approximate surface area is 200 Å². The number of amides is 1. The predicted octanol–water partition coefficient (Wildman–Crippen LogP) is 4.76. The van der Waals surface area contributed by atoms with Crippen LogP contribution in [0.15, 0.2) is 115 Å². The minimum atomic E-state index is -0.470. The highest BCUT2D eigenvalue weighted by Crippen LogP contribution is 2.45. The van der Waals surface area contributed by atoms with Crippen molar-refractivity contribution in [2.75, 3.05) is 6.54 Å². The lowest BCUT2D eigenvalue weighted by molar-refractivity contribution is -0.125. The summed E-state index contributed by atoms with van der Waals surface area (Å²) in [5.74, 6) is -0.596. The number of ketones is 1. The molecule has 4 nitrogen and oxygen atoms in total. The molecular weight excluding hydrogens is 420 g/mol. The van der Waals surface area contributed by atoms with Crippen molar-refractivity contribution in [2.45, 2.75) is 24.4 Å². The van der Waals surface area contributed by atoms with E-state index in [9.17, 15) is 9.59 Å². The summed E-state index contributed by atoms with van der Waals surface area (Å²) in [6, 6.07) is 28.9. The third kappa shape index (κ3) is 4.32. The fourth-order valence-electron chi connectivity index (χ4n) is 5.26. The number of nitrogens with one attached hydrogen (secondary N) is 1. The van der Waals surface area contributed by atoms with Crippen molar-refractivity contribution in [3.8, 4) is 0 Å². The van der Waals surface area contributed by atoms with E-state index in [0.29, 0.717) is 12.1 Å². The number of allylic oxidation sites excluding steroid dienone is 2. The van der Waals surface area contributed by atoms with E-state index in [-0.39, 0.29) is 29.6 Å². The van der Waals surface area contributed by atoms with Crippen LogP contribution in [0.1, 0.15) is 27.4 Å². The first-order chi connectivity index (χ1) is 16.7. The van der Waals surface area contributed by atoms with Crippen LogP contribution in [-0.4, -0.2) is 35.2 Å². The number of Topliss-reactive ketones (excluding diaryl/α,β-unsaturated/α-hetero) is 1. The van der Waals surface area contributed by atoms with E-state index in [1.54, 1.807) is 0 Å². The molecule has 2 aliphatic rings. The fourth-order valence-corrected chi connectivity index (χ4v) is 5.26. The van der Waals surface area contributed by atoms with E-state index in [1.165, 1.54) is 5.56 Å². The lowest BCUT2D eigenvalue weighted by Gasteiger charge is -2.30. The first-order valence-electron chi connectivity index (χ1n) is 11.8. The zero-order valence-electron chi connectivity index (χ0n) is 19.0. The van der Waals surface area contributed by atoms with Crippen molar-refractivity contribution in [2.24, 2.45) is 5.92 Å². The summed E-state index contributed by atoms with van der Waals surface area (Å²) in [5.41, 5.74) is 2.88. The van der Waals surface area contributed by atoms with Crippen molar-refractivity contribution in [1.82, 2.24) is 10.2 Å². The molecule has 0 radical (unpaired) electrons. The second-order valence-corrected chi connectivity index (χ2v) is 8.83. The van der Waals surface area contributed by atoms with E-state index in [2.05, 4.69) is 28.4 Å². The molecule has 0 spiro atoms. The number of hydrogen-bond acceptors (Lipinski definition) is 3. The lowest BCUT2D eigenvalue weighted by Crippen LogP contribution is -2.46. The lowest BCUT2D eigenvalue weighted by atomic mass is 9.77. The molecule has 4 atom stereocenters. The van der Waals surface area contributed by atoms with Crippen molar-refractivity contribution in [3.05, 3.63) is 132 Å². The number of benzene rings is 3. The van der Waals surface area contributed by atoms with E-state index in [1.807, 2.05) is 97.2 Å². The summed E-state index contributed by atoms with van der Waals surface area (Å²) in [7, 11) is 0. The van der Waals surface area contributed by atoms with Crippen LogP contribution < -0.4 is 5.32 Å². The van der Waals surface area contributed by atoms with Gasteiger partial charge < -0.3 is 10.2 Å². The molecule has 2 aliphatic heterocycles. The summed E-state index contributed by atoms with van der Waals surface area (Å²) in [6.45, 7) is 0.552. The molecule has 1 N–H and O–H groups in total. The Morgan fingerprint density at radius 1 is 0.794 bits per heavy atom. The molecule has 3 aromatic rings. The van der Waals surface area contributed by atoms with E-state index in [4.69, 9.17) is 0 Å². The maximum absolute atomic E-state index is 13.8. The van der Waals surface area contributed by atoms with Gasteiger partial charge in [0.05, 0.1) is 12.0 Å². The van der Waals surface area contributed by atoms with Gasteiger partial charge in [0.25, 0.3) is 0 Å². The number of nitrogens with zero attached hydrogens (tertiary/aromatic N) is 1. The number of rotatable bonds is 7. The van der Waals surface area contributed by atoms with Crippen LogP contribution in [0.5, 0.6) is 0 Å². The highest BCUT2D eigenvalue weighted by atomic mass is 16.2. The van der Waals surface area contributed by atoms with E-state index < -0.39 is 6.04 Å². The average Bonchev–Trinajstić information content (AvgIpc) is 3.25. The van der Waals surface area contributed by atoms with Crippen LogP contribution >= 0.6 is 0 Å². The molecule has 170 valence electrons. The molecule has 2 heterocycles. The second kappa shape index (κ2) is 9.92. The topological polar surface area (TPSA) is 49.4 Å². The van der Waals surface area contributed by atoms with Crippen molar-refractivity contribution in [3.63, 3.8) is 0 Å². The largest absolute Gasteiger partial charge is 0.358 e. The first-order valence-corrected chi connectivity index (χ1v) is 11.8. The summed E-state index contributed by atoms with van der Waals surface area (Å²) in [4.78, 5) is 29.6. The zero-order valence-corrected chi connectivity index (χ0v) is 19.0. The molecule has 4 heteroatoms. The number of hydrogen-bond donors (Lipinski definition) is 1. The van der Waals surface area contributed by atoms with Gasteiger partial charge in [-0.2, -0.15) is 0 Å². The summed E-state index contributed by atoms with van der Waals surface area (Å²) in [5, 5.41) is 3.16. The Morgan fingerprint density at radius 3 is 2.15 bits per heavy atom. The van der Waals surface area contributed by atoms with Crippen LogP contribution in [0.3, 0.4) is 0 Å². The van der Waals surface area contributed by atoms with Gasteiger partial charge in [-0.15, -0.1) is 0 Å². The molecule has 0 aromatic heterocycles. The van der Waals surface area contributed by atoms with Crippen molar-refractivity contribution in [1.29, 1.82) is 0 Å².